The van der Waals surface area contributed by atoms with Crippen LogP contribution in [0.5, 0.6) is 0 Å². The number of fused-ring (bicyclic) bond motifs is 7. The summed E-state index contributed by atoms with van der Waals surface area (Å²) in [4.78, 5) is 0. The van der Waals surface area contributed by atoms with Crippen molar-refractivity contribution in [1.29, 1.82) is 5.41 Å². The fourth-order valence-corrected chi connectivity index (χ4v) is 6.72. The van der Waals surface area contributed by atoms with Gasteiger partial charge in [-0.05, 0) is 79.3 Å². The maximum atomic E-state index is 8.85. The van der Waals surface area contributed by atoms with E-state index >= 15 is 0 Å². The van der Waals surface area contributed by atoms with E-state index < -0.39 is 0 Å². The van der Waals surface area contributed by atoms with E-state index in [4.69, 9.17) is 5.41 Å². The van der Waals surface area contributed by atoms with E-state index in [1.807, 2.05) is 12.2 Å². The van der Waals surface area contributed by atoms with Gasteiger partial charge in [0, 0.05) is 39.3 Å². The van der Waals surface area contributed by atoms with Crippen molar-refractivity contribution in [2.75, 3.05) is 0 Å². The first kappa shape index (κ1) is 22.1. The maximum absolute atomic E-state index is 8.85. The molecule has 0 aliphatic heterocycles. The molecule has 0 bridgehead atoms. The molecule has 3 aromatic carbocycles. The van der Waals surface area contributed by atoms with Crippen molar-refractivity contribution >= 4 is 39.0 Å². The molecule has 0 fully saturated rings. The molecule has 37 heavy (non-hydrogen) atoms. The molecule has 2 heteroatoms. The number of hydrogen-bond acceptors (Lipinski definition) is 1. The molecule has 0 spiro atoms. The summed E-state index contributed by atoms with van der Waals surface area (Å²) in [5.41, 5.74) is 12.2. The number of rotatable bonds is 2. The summed E-state index contributed by atoms with van der Waals surface area (Å²) in [6.07, 6.45) is 16.0. The predicted molar refractivity (Wildman–Crippen MR) is 158 cm³/mol. The normalized spacial score (nSPS) is 21.3. The van der Waals surface area contributed by atoms with Crippen molar-refractivity contribution in [3.8, 4) is 11.1 Å². The molecule has 2 aliphatic carbocycles. The van der Waals surface area contributed by atoms with Gasteiger partial charge in [0.2, 0.25) is 0 Å². The number of allylic oxidation sites excluding steroid dienone is 7. The molecule has 2 atom stereocenters. The summed E-state index contributed by atoms with van der Waals surface area (Å²) in [5.74, 6) is 0.508. The van der Waals surface area contributed by atoms with E-state index in [9.17, 15) is 0 Å². The van der Waals surface area contributed by atoms with Gasteiger partial charge in [0.05, 0.1) is 16.7 Å². The second kappa shape index (κ2) is 8.18. The zero-order valence-electron chi connectivity index (χ0n) is 21.5. The second-order valence-corrected chi connectivity index (χ2v) is 10.6. The third-order valence-electron chi connectivity index (χ3n) is 8.45. The van der Waals surface area contributed by atoms with Gasteiger partial charge >= 0.3 is 0 Å². The van der Waals surface area contributed by atoms with E-state index in [2.05, 4.69) is 110 Å². The standard InChI is InChI=1S/C35H30N2/c1-4-10-23-12-6-8-16-32(36)29-18-31-26-15-9-14-25-30-17-22(3)27(24-13-7-5-11-21(24)2)19-33(30)37(35(25)26)34(31)20-28(23)29/h4-19,23,28,36H,20H2,1-3H3/b10-4?,12-6-,16-8-,36-32?. The monoisotopic (exact) mass is 478 g/mol. The Bertz CT molecular complexity index is 1850. The first-order chi connectivity index (χ1) is 18.1. The minimum absolute atomic E-state index is 0.242. The van der Waals surface area contributed by atoms with Gasteiger partial charge in [-0.1, -0.05) is 72.8 Å². The van der Waals surface area contributed by atoms with Gasteiger partial charge in [0.15, 0.2) is 0 Å². The summed E-state index contributed by atoms with van der Waals surface area (Å²) in [5, 5.41) is 12.8. The summed E-state index contributed by atoms with van der Waals surface area (Å²) < 4.78 is 2.54. The molecule has 2 aromatic heterocycles. The van der Waals surface area contributed by atoms with Crippen LogP contribution >= 0.6 is 0 Å². The number of benzene rings is 3. The van der Waals surface area contributed by atoms with E-state index in [0.29, 0.717) is 5.71 Å². The minimum atomic E-state index is 0.242. The van der Waals surface area contributed by atoms with Gasteiger partial charge in [-0.15, -0.1) is 0 Å². The highest BCUT2D eigenvalue weighted by Gasteiger charge is 2.33. The Labute approximate surface area is 217 Å². The lowest BCUT2D eigenvalue weighted by Gasteiger charge is -2.30. The number of hydrogen-bond donors (Lipinski definition) is 1. The van der Waals surface area contributed by atoms with Crippen LogP contribution in [-0.2, 0) is 6.42 Å². The van der Waals surface area contributed by atoms with Crippen LogP contribution in [0.4, 0.5) is 0 Å². The summed E-state index contributed by atoms with van der Waals surface area (Å²) >= 11 is 0. The first-order valence-electron chi connectivity index (χ1n) is 13.2. The Morgan fingerprint density at radius 3 is 2.57 bits per heavy atom. The molecule has 2 aliphatic rings. The van der Waals surface area contributed by atoms with Crippen LogP contribution in [0.1, 0.15) is 29.3 Å². The van der Waals surface area contributed by atoms with Gasteiger partial charge in [-0.3, -0.25) is 0 Å². The van der Waals surface area contributed by atoms with E-state index in [-0.39, 0.29) is 11.8 Å². The highest BCUT2D eigenvalue weighted by molar-refractivity contribution is 6.19. The molecule has 0 radical (unpaired) electrons. The van der Waals surface area contributed by atoms with Crippen LogP contribution < -0.4 is 0 Å². The lowest BCUT2D eigenvalue weighted by atomic mass is 9.75. The van der Waals surface area contributed by atoms with Crippen LogP contribution in [0.15, 0.2) is 96.6 Å². The summed E-state index contributed by atoms with van der Waals surface area (Å²) in [6.45, 7) is 6.53. The lowest BCUT2D eigenvalue weighted by Crippen LogP contribution is -2.25. The SMILES string of the molecule is CC=CC1/C=C\C=C/C(=N)C2=Cc3c(n4c5cc(-c6ccccc6C)c(C)cc5c5cccc3c54)CC21. The zero-order chi connectivity index (χ0) is 25.3. The van der Waals surface area contributed by atoms with E-state index in [1.165, 1.54) is 60.7 Å². The molecular weight excluding hydrogens is 448 g/mol. The molecule has 2 heterocycles. The van der Waals surface area contributed by atoms with Gasteiger partial charge in [0.25, 0.3) is 0 Å². The van der Waals surface area contributed by atoms with Crippen LogP contribution in [0.3, 0.4) is 0 Å². The zero-order valence-corrected chi connectivity index (χ0v) is 21.5. The molecule has 0 saturated carbocycles. The van der Waals surface area contributed by atoms with Crippen molar-refractivity contribution in [2.45, 2.75) is 27.2 Å². The average Bonchev–Trinajstić information content (AvgIpc) is 3.40. The van der Waals surface area contributed by atoms with Crippen LogP contribution in [0, 0.1) is 31.1 Å². The Hall–Kier alpha value is -4.17. The molecule has 1 N–H and O–H groups in total. The molecule has 2 unspecified atom stereocenters. The summed E-state index contributed by atoms with van der Waals surface area (Å²) in [6, 6.07) is 20.2. The highest BCUT2D eigenvalue weighted by atomic mass is 14.9. The molecular formula is C35H30N2. The van der Waals surface area contributed by atoms with Gasteiger partial charge in [-0.2, -0.15) is 0 Å². The fraction of sp³-hybridized carbons (Fsp3) is 0.171. The largest absolute Gasteiger partial charge is 0.312 e. The van der Waals surface area contributed by atoms with E-state index in [0.717, 1.165) is 12.0 Å². The number of nitrogens with one attached hydrogen (secondary N) is 1. The molecule has 7 rings (SSSR count). The number of aromatic nitrogens is 1. The average molecular weight is 479 g/mol. The van der Waals surface area contributed by atoms with Gasteiger partial charge < -0.3 is 9.81 Å². The second-order valence-electron chi connectivity index (χ2n) is 10.6. The Kier molecular flexibility index (Phi) is 4.87. The smallest absolute Gasteiger partial charge is 0.0617 e. The van der Waals surface area contributed by atoms with Crippen molar-refractivity contribution in [1.82, 2.24) is 4.40 Å². The topological polar surface area (TPSA) is 28.3 Å². The predicted octanol–water partition coefficient (Wildman–Crippen LogP) is 8.86. The Balaban J connectivity index is 1.56. The maximum Gasteiger partial charge on any atom is 0.0617 e. The molecule has 0 amide bonds. The first-order valence-corrected chi connectivity index (χ1v) is 13.2. The molecule has 180 valence electrons. The van der Waals surface area contributed by atoms with Crippen molar-refractivity contribution < 1.29 is 0 Å². The lowest BCUT2D eigenvalue weighted by molar-refractivity contribution is 0.528. The number of para-hydroxylation sites is 1. The molecule has 5 aromatic rings. The quantitative estimate of drug-likeness (QED) is 0.245. The minimum Gasteiger partial charge on any atom is -0.312 e. The fourth-order valence-electron chi connectivity index (χ4n) is 6.72. The van der Waals surface area contributed by atoms with Crippen molar-refractivity contribution in [3.05, 3.63) is 119 Å². The molecule has 2 nitrogen and oxygen atoms in total. The van der Waals surface area contributed by atoms with Crippen LogP contribution in [0.25, 0.3) is 44.4 Å². The van der Waals surface area contributed by atoms with Gasteiger partial charge in [-0.25, -0.2) is 0 Å². The van der Waals surface area contributed by atoms with E-state index in [1.54, 1.807) is 0 Å². The third-order valence-corrected chi connectivity index (χ3v) is 8.45. The van der Waals surface area contributed by atoms with Crippen LogP contribution in [-0.4, -0.2) is 10.1 Å². The Morgan fingerprint density at radius 1 is 0.892 bits per heavy atom. The summed E-state index contributed by atoms with van der Waals surface area (Å²) in [7, 11) is 0. The van der Waals surface area contributed by atoms with Crippen molar-refractivity contribution in [2.24, 2.45) is 11.8 Å². The van der Waals surface area contributed by atoms with Gasteiger partial charge in [0.1, 0.15) is 0 Å². The van der Waals surface area contributed by atoms with Crippen molar-refractivity contribution in [3.63, 3.8) is 0 Å². The number of aryl methyl sites for hydroxylation is 2. The third kappa shape index (κ3) is 3.15. The van der Waals surface area contributed by atoms with Crippen LogP contribution in [0.2, 0.25) is 0 Å². The Morgan fingerprint density at radius 2 is 1.73 bits per heavy atom. The number of nitrogens with zero attached hydrogens (tertiary/aromatic N) is 1. The molecule has 0 saturated heterocycles. The highest BCUT2D eigenvalue weighted by Crippen LogP contribution is 2.45.